The van der Waals surface area contributed by atoms with Crippen molar-refractivity contribution in [3.63, 3.8) is 0 Å². The zero-order valence-corrected chi connectivity index (χ0v) is 12.1. The number of amides is 1. The van der Waals surface area contributed by atoms with Gasteiger partial charge in [-0.1, -0.05) is 0 Å². The molecule has 0 saturated heterocycles. The van der Waals surface area contributed by atoms with Gasteiger partial charge in [-0.25, -0.2) is 0 Å². The van der Waals surface area contributed by atoms with Crippen molar-refractivity contribution in [1.29, 1.82) is 0 Å². The van der Waals surface area contributed by atoms with E-state index in [9.17, 15) is 4.79 Å². The van der Waals surface area contributed by atoms with E-state index < -0.39 is 0 Å². The summed E-state index contributed by atoms with van der Waals surface area (Å²) in [7, 11) is 0. The Morgan fingerprint density at radius 1 is 1.37 bits per heavy atom. The Morgan fingerprint density at radius 2 is 2.05 bits per heavy atom. The van der Waals surface area contributed by atoms with Gasteiger partial charge in [0.25, 0.3) is 5.91 Å². The van der Waals surface area contributed by atoms with E-state index in [-0.39, 0.29) is 5.91 Å². The van der Waals surface area contributed by atoms with Crippen LogP contribution in [0.1, 0.15) is 23.1 Å². The summed E-state index contributed by atoms with van der Waals surface area (Å²) in [6.45, 7) is 4.71. The van der Waals surface area contributed by atoms with Gasteiger partial charge < -0.3 is 5.32 Å². The Kier molecular flexibility index (Phi) is 4.27. The maximum absolute atomic E-state index is 12.1. The lowest BCUT2D eigenvalue weighted by molar-refractivity contribution is 0.102. The summed E-state index contributed by atoms with van der Waals surface area (Å²) in [4.78, 5) is 13.2. The lowest BCUT2D eigenvalue weighted by Crippen LogP contribution is -2.13. The first-order valence-electron chi connectivity index (χ1n) is 6.14. The maximum Gasteiger partial charge on any atom is 0.276 e. The van der Waals surface area contributed by atoms with Gasteiger partial charge >= 0.3 is 0 Å². The minimum absolute atomic E-state index is 0.174. The largest absolute Gasteiger partial charge is 0.321 e. The molecule has 1 heterocycles. The number of carbonyl (C=O) groups is 1. The molecule has 0 fully saturated rings. The van der Waals surface area contributed by atoms with Gasteiger partial charge in [-0.05, 0) is 50.4 Å². The molecule has 100 valence electrons. The highest BCUT2D eigenvalue weighted by molar-refractivity contribution is 7.98. The van der Waals surface area contributed by atoms with Gasteiger partial charge in [-0.3, -0.25) is 9.48 Å². The minimum Gasteiger partial charge on any atom is -0.321 e. The van der Waals surface area contributed by atoms with E-state index in [0.717, 1.165) is 17.9 Å². The fraction of sp³-hybridized carbons (Fsp3) is 0.286. The second kappa shape index (κ2) is 5.93. The maximum atomic E-state index is 12.1. The fourth-order valence-corrected chi connectivity index (χ4v) is 2.22. The van der Waals surface area contributed by atoms with E-state index in [1.807, 2.05) is 49.1 Å². The number of benzene rings is 1. The second-order valence-electron chi connectivity index (χ2n) is 4.17. The highest BCUT2D eigenvalue weighted by Gasteiger charge is 2.11. The molecule has 0 saturated carbocycles. The molecule has 0 atom stereocenters. The van der Waals surface area contributed by atoms with Crippen LogP contribution in [0, 0.1) is 6.92 Å². The summed E-state index contributed by atoms with van der Waals surface area (Å²) >= 11 is 1.67. The van der Waals surface area contributed by atoms with Crippen molar-refractivity contribution in [2.24, 2.45) is 0 Å². The van der Waals surface area contributed by atoms with E-state index in [4.69, 9.17) is 0 Å². The molecule has 0 bridgehead atoms. The molecule has 1 N–H and O–H groups in total. The number of nitrogens with zero attached hydrogens (tertiary/aromatic N) is 2. The van der Waals surface area contributed by atoms with E-state index in [1.165, 1.54) is 4.90 Å². The van der Waals surface area contributed by atoms with Crippen molar-refractivity contribution in [3.8, 4) is 0 Å². The van der Waals surface area contributed by atoms with E-state index >= 15 is 0 Å². The molecule has 0 aliphatic heterocycles. The van der Waals surface area contributed by atoms with Crippen molar-refractivity contribution >= 4 is 23.4 Å². The standard InChI is InChI=1S/C14H17N3OS/c1-4-17-10(2)9-13(16-17)14(18)15-11-5-7-12(19-3)8-6-11/h5-9H,4H2,1-3H3,(H,15,18). The Labute approximate surface area is 117 Å². The van der Waals surface area contributed by atoms with Crippen molar-refractivity contribution in [2.75, 3.05) is 11.6 Å². The second-order valence-corrected chi connectivity index (χ2v) is 5.05. The topological polar surface area (TPSA) is 46.9 Å². The Hall–Kier alpha value is -1.75. The van der Waals surface area contributed by atoms with Gasteiger partial charge in [0, 0.05) is 22.8 Å². The smallest absolute Gasteiger partial charge is 0.276 e. The number of nitrogens with one attached hydrogen (secondary N) is 1. The van der Waals surface area contributed by atoms with Gasteiger partial charge in [0.1, 0.15) is 0 Å². The van der Waals surface area contributed by atoms with Gasteiger partial charge in [0.2, 0.25) is 0 Å². The zero-order valence-electron chi connectivity index (χ0n) is 11.3. The number of anilines is 1. The van der Waals surface area contributed by atoms with Gasteiger partial charge in [-0.2, -0.15) is 5.10 Å². The quantitative estimate of drug-likeness (QED) is 0.872. The van der Waals surface area contributed by atoms with Crippen molar-refractivity contribution in [2.45, 2.75) is 25.3 Å². The number of aryl methyl sites for hydroxylation is 2. The van der Waals surface area contributed by atoms with Crippen molar-refractivity contribution in [3.05, 3.63) is 41.7 Å². The average Bonchev–Trinajstić information content (AvgIpc) is 2.81. The molecular formula is C14H17N3OS. The van der Waals surface area contributed by atoms with Crippen LogP contribution >= 0.6 is 11.8 Å². The summed E-state index contributed by atoms with van der Waals surface area (Å²) in [5.74, 6) is -0.174. The molecule has 0 radical (unpaired) electrons. The van der Waals surface area contributed by atoms with E-state index in [1.54, 1.807) is 17.8 Å². The van der Waals surface area contributed by atoms with Crippen LogP contribution in [0.2, 0.25) is 0 Å². The van der Waals surface area contributed by atoms with Crippen LogP contribution in [0.5, 0.6) is 0 Å². The number of rotatable bonds is 4. The van der Waals surface area contributed by atoms with Gasteiger partial charge in [0.05, 0.1) is 0 Å². The number of thioether (sulfide) groups is 1. The molecule has 5 heteroatoms. The summed E-state index contributed by atoms with van der Waals surface area (Å²) in [5.41, 5.74) is 2.23. The molecule has 19 heavy (non-hydrogen) atoms. The summed E-state index contributed by atoms with van der Waals surface area (Å²) in [6, 6.07) is 9.56. The number of carbonyl (C=O) groups excluding carboxylic acids is 1. The van der Waals surface area contributed by atoms with Crippen LogP contribution < -0.4 is 5.32 Å². The molecule has 0 aliphatic rings. The molecule has 0 unspecified atom stereocenters. The van der Waals surface area contributed by atoms with Crippen LogP contribution in [0.4, 0.5) is 5.69 Å². The number of hydrogen-bond acceptors (Lipinski definition) is 3. The summed E-state index contributed by atoms with van der Waals surface area (Å²) in [6.07, 6.45) is 2.02. The Morgan fingerprint density at radius 3 is 2.58 bits per heavy atom. The lowest BCUT2D eigenvalue weighted by atomic mass is 10.3. The van der Waals surface area contributed by atoms with Gasteiger partial charge in [0.15, 0.2) is 5.69 Å². The molecule has 2 aromatic rings. The molecular weight excluding hydrogens is 258 g/mol. The van der Waals surface area contributed by atoms with Crippen molar-refractivity contribution in [1.82, 2.24) is 9.78 Å². The number of hydrogen-bond donors (Lipinski definition) is 1. The molecule has 4 nitrogen and oxygen atoms in total. The van der Waals surface area contributed by atoms with Crippen LogP contribution in [0.25, 0.3) is 0 Å². The Balaban J connectivity index is 2.11. The van der Waals surface area contributed by atoms with Crippen LogP contribution in [0.15, 0.2) is 35.2 Å². The highest BCUT2D eigenvalue weighted by atomic mass is 32.2. The molecule has 0 spiro atoms. The third-order valence-corrected chi connectivity index (χ3v) is 3.60. The normalized spacial score (nSPS) is 10.5. The first kappa shape index (κ1) is 13.7. The zero-order chi connectivity index (χ0) is 13.8. The average molecular weight is 275 g/mol. The monoisotopic (exact) mass is 275 g/mol. The predicted octanol–water partition coefficient (Wildman–Crippen LogP) is 3.19. The predicted molar refractivity (Wildman–Crippen MR) is 78.8 cm³/mol. The molecule has 2 rings (SSSR count). The first-order chi connectivity index (χ1) is 9.13. The third-order valence-electron chi connectivity index (χ3n) is 2.86. The third kappa shape index (κ3) is 3.17. The van der Waals surface area contributed by atoms with Crippen LogP contribution in [0.3, 0.4) is 0 Å². The summed E-state index contributed by atoms with van der Waals surface area (Å²) < 4.78 is 1.81. The summed E-state index contributed by atoms with van der Waals surface area (Å²) in [5, 5.41) is 7.11. The molecule has 0 aliphatic carbocycles. The number of aromatic nitrogens is 2. The Bertz CT molecular complexity index is 575. The van der Waals surface area contributed by atoms with Gasteiger partial charge in [-0.15, -0.1) is 11.8 Å². The molecule has 1 aromatic carbocycles. The fourth-order valence-electron chi connectivity index (χ4n) is 1.81. The van der Waals surface area contributed by atoms with Crippen LogP contribution in [-0.4, -0.2) is 21.9 Å². The first-order valence-corrected chi connectivity index (χ1v) is 7.36. The highest BCUT2D eigenvalue weighted by Crippen LogP contribution is 2.18. The molecule has 1 aromatic heterocycles. The van der Waals surface area contributed by atoms with E-state index in [0.29, 0.717) is 5.69 Å². The van der Waals surface area contributed by atoms with Crippen LogP contribution in [-0.2, 0) is 6.54 Å². The van der Waals surface area contributed by atoms with Crippen molar-refractivity contribution < 1.29 is 4.79 Å². The lowest BCUT2D eigenvalue weighted by Gasteiger charge is -2.03. The minimum atomic E-state index is -0.174. The van der Waals surface area contributed by atoms with E-state index in [2.05, 4.69) is 10.4 Å². The SMILES string of the molecule is CCn1nc(C(=O)Nc2ccc(SC)cc2)cc1C. The molecule has 1 amide bonds.